The summed E-state index contributed by atoms with van der Waals surface area (Å²) in [5.74, 6) is -1.58. The van der Waals surface area contributed by atoms with Crippen LogP contribution in [0.15, 0.2) is 35.9 Å². The van der Waals surface area contributed by atoms with Crippen LogP contribution < -0.4 is 15.0 Å². The number of fused-ring (bicyclic) bond motifs is 5. The lowest BCUT2D eigenvalue weighted by molar-refractivity contribution is -0.162. The number of allylic oxidation sites excluding steroid dienone is 3. The Balaban J connectivity index is 1.74. The van der Waals surface area contributed by atoms with E-state index in [0.29, 0.717) is 24.3 Å². The maximum absolute atomic E-state index is 14.1. The molecule has 4 bridgehead atoms. The molecular formula is C38H54ClN3O10S. The van der Waals surface area contributed by atoms with Gasteiger partial charge in [0.15, 0.2) is 5.72 Å². The first-order chi connectivity index (χ1) is 24.6. The number of carbonyl (C=O) groups is 4. The Labute approximate surface area is 322 Å². The highest BCUT2D eigenvalue weighted by molar-refractivity contribution is 7.81. The lowest BCUT2D eigenvalue weighted by Gasteiger charge is -2.42. The van der Waals surface area contributed by atoms with E-state index in [0.717, 1.165) is 11.1 Å². The molecule has 1 aromatic carbocycles. The highest BCUT2D eigenvalue weighted by Gasteiger charge is 2.64. The topological polar surface area (TPSA) is 156 Å². The third-order valence-corrected chi connectivity index (χ3v) is 11.1. The van der Waals surface area contributed by atoms with Crippen molar-refractivity contribution >= 4 is 53.8 Å². The Bertz CT molecular complexity index is 1630. The lowest BCUT2D eigenvalue weighted by Crippen LogP contribution is -2.63. The SMILES string of the molecule is COc1cc2cc(c1Cl)N(C)C(=O)C[C@H](OC(=O)[C@H](C)N(C)C(=O)CCC(C)(C)S)C1(C)O[C@H]1[C@H](C)[C@@H]1C[C@@](O)(NC(=O)O1)[C@H](OC)/C=C\C=C(\C)C2. The number of benzene rings is 1. The number of aliphatic hydroxyl groups is 1. The molecule has 0 aliphatic carbocycles. The van der Waals surface area contributed by atoms with Crippen molar-refractivity contribution in [3.8, 4) is 5.75 Å². The number of esters is 1. The maximum atomic E-state index is 14.1. The fourth-order valence-corrected chi connectivity index (χ4v) is 7.23. The van der Waals surface area contributed by atoms with E-state index in [1.165, 1.54) is 31.1 Å². The molecule has 0 aromatic heterocycles. The molecule has 1 unspecified atom stereocenters. The third kappa shape index (κ3) is 9.88. The first-order valence-corrected chi connectivity index (χ1v) is 18.5. The molecule has 2 saturated heterocycles. The summed E-state index contributed by atoms with van der Waals surface area (Å²) < 4.78 is 28.8. The Kier molecular flexibility index (Phi) is 13.3. The van der Waals surface area contributed by atoms with Crippen LogP contribution in [0.1, 0.15) is 72.8 Å². The number of anilines is 1. The molecule has 15 heteroatoms. The quantitative estimate of drug-likeness (QED) is 0.187. The summed E-state index contributed by atoms with van der Waals surface area (Å²) in [6, 6.07) is 2.60. The van der Waals surface area contributed by atoms with E-state index in [9.17, 15) is 24.3 Å². The summed E-state index contributed by atoms with van der Waals surface area (Å²) in [6.07, 6.45) is 1.61. The maximum Gasteiger partial charge on any atom is 0.409 e. The third-order valence-electron chi connectivity index (χ3n) is 10.5. The fraction of sp³-hybridized carbons (Fsp3) is 0.632. The molecule has 294 valence electrons. The van der Waals surface area contributed by atoms with Crippen molar-refractivity contribution in [1.29, 1.82) is 0 Å². The van der Waals surface area contributed by atoms with E-state index in [2.05, 4.69) is 17.9 Å². The van der Waals surface area contributed by atoms with Crippen LogP contribution in [0.3, 0.4) is 0 Å². The van der Waals surface area contributed by atoms with Crippen LogP contribution in [0.2, 0.25) is 5.02 Å². The van der Waals surface area contributed by atoms with Crippen LogP contribution in [0.25, 0.3) is 0 Å². The molecular weight excluding hydrogens is 726 g/mol. The van der Waals surface area contributed by atoms with Gasteiger partial charge in [-0.3, -0.25) is 14.9 Å². The highest BCUT2D eigenvalue weighted by atomic mass is 35.5. The number of hydrogen-bond donors (Lipinski definition) is 3. The number of rotatable bonds is 8. The fourth-order valence-electron chi connectivity index (χ4n) is 6.81. The standard InChI is InChI=1S/C38H54ClN3O10S/c1-21-12-11-13-28(49-10)38(47)20-27(50-35(46)40-38)22(2)33-37(6,52-33)29(51-34(45)23(3)41(7)30(43)14-15-36(4,5)53)19-31(44)42(8)25-17-24(16-21)18-26(48-9)32(25)39/h11-13,17-18,22-23,27-29,33,47,53H,14-16,19-20H2,1-10H3,(H,40,46)/b13-11-,21-12-/t22-,23+,27+,28-,29+,33+,37?,38+/m1/s1. The number of ether oxygens (including phenoxy) is 5. The first-order valence-electron chi connectivity index (χ1n) is 17.7. The molecule has 8 atom stereocenters. The van der Waals surface area contributed by atoms with Crippen molar-refractivity contribution in [3.05, 3.63) is 46.5 Å². The molecule has 3 heterocycles. The molecule has 2 N–H and O–H groups in total. The number of epoxide rings is 1. The van der Waals surface area contributed by atoms with E-state index in [1.807, 2.05) is 26.8 Å². The molecule has 0 saturated carbocycles. The van der Waals surface area contributed by atoms with Crippen LogP contribution in [0, 0.1) is 5.92 Å². The van der Waals surface area contributed by atoms with Crippen molar-refractivity contribution < 1.29 is 48.0 Å². The largest absolute Gasteiger partial charge is 0.495 e. The first kappa shape index (κ1) is 42.4. The van der Waals surface area contributed by atoms with Crippen molar-refractivity contribution in [2.24, 2.45) is 5.92 Å². The van der Waals surface area contributed by atoms with Crippen molar-refractivity contribution in [2.45, 2.75) is 120 Å². The average molecular weight is 780 g/mol. The van der Waals surface area contributed by atoms with E-state index in [-0.39, 0.29) is 34.9 Å². The van der Waals surface area contributed by atoms with Gasteiger partial charge >= 0.3 is 12.1 Å². The number of nitrogens with zero attached hydrogens (tertiary/aromatic N) is 2. The minimum Gasteiger partial charge on any atom is -0.495 e. The molecule has 0 spiro atoms. The summed E-state index contributed by atoms with van der Waals surface area (Å²) in [7, 11) is 6.02. The number of likely N-dealkylation sites (N-methyl/N-ethyl adjacent to an activating group) is 1. The molecule has 0 radical (unpaired) electrons. The van der Waals surface area contributed by atoms with Gasteiger partial charge in [0.05, 0.1) is 25.3 Å². The van der Waals surface area contributed by atoms with Crippen molar-refractivity contribution in [3.63, 3.8) is 0 Å². The number of methoxy groups -OCH3 is 2. The predicted octanol–water partition coefficient (Wildman–Crippen LogP) is 5.00. The number of thiol groups is 1. The van der Waals surface area contributed by atoms with Gasteiger partial charge in [0.1, 0.15) is 40.7 Å². The van der Waals surface area contributed by atoms with E-state index in [4.69, 9.17) is 35.3 Å². The second kappa shape index (κ2) is 16.6. The summed E-state index contributed by atoms with van der Waals surface area (Å²) in [4.78, 5) is 56.5. The van der Waals surface area contributed by atoms with Gasteiger partial charge < -0.3 is 38.6 Å². The van der Waals surface area contributed by atoms with Gasteiger partial charge in [-0.15, -0.1) is 0 Å². The minimum absolute atomic E-state index is 0.0509. The van der Waals surface area contributed by atoms with Gasteiger partial charge in [0.2, 0.25) is 11.8 Å². The summed E-state index contributed by atoms with van der Waals surface area (Å²) in [5.41, 5.74) is -0.916. The Morgan fingerprint density at radius 3 is 2.57 bits per heavy atom. The molecule has 13 nitrogen and oxygen atoms in total. The van der Waals surface area contributed by atoms with Gasteiger partial charge in [-0.1, -0.05) is 56.2 Å². The lowest BCUT2D eigenvalue weighted by atomic mass is 9.83. The van der Waals surface area contributed by atoms with Crippen LogP contribution in [0.5, 0.6) is 5.75 Å². The molecule has 4 rings (SSSR count). The van der Waals surface area contributed by atoms with Crippen molar-refractivity contribution in [2.75, 3.05) is 33.2 Å². The van der Waals surface area contributed by atoms with Gasteiger partial charge in [-0.05, 0) is 51.3 Å². The second-order valence-corrected chi connectivity index (χ2v) is 16.8. The second-order valence-electron chi connectivity index (χ2n) is 15.2. The van der Waals surface area contributed by atoms with E-state index in [1.54, 1.807) is 52.1 Å². The van der Waals surface area contributed by atoms with Crippen LogP contribution in [-0.2, 0) is 39.8 Å². The van der Waals surface area contributed by atoms with Crippen molar-refractivity contribution in [1.82, 2.24) is 10.2 Å². The van der Waals surface area contributed by atoms with Gasteiger partial charge in [0.25, 0.3) is 0 Å². The minimum atomic E-state index is -1.83. The Hall–Kier alpha value is -3.30. The van der Waals surface area contributed by atoms with Gasteiger partial charge in [-0.2, -0.15) is 12.6 Å². The molecule has 3 aliphatic heterocycles. The summed E-state index contributed by atoms with van der Waals surface area (Å²) in [5, 5.41) is 14.5. The molecule has 1 aromatic rings. The molecule has 3 aliphatic rings. The number of nitrogens with one attached hydrogen (secondary N) is 1. The number of hydrogen-bond acceptors (Lipinski definition) is 11. The van der Waals surface area contributed by atoms with Gasteiger partial charge in [0, 0.05) is 44.7 Å². The zero-order valence-corrected chi connectivity index (χ0v) is 33.9. The zero-order chi connectivity index (χ0) is 39.6. The molecule has 2 fully saturated rings. The Morgan fingerprint density at radius 1 is 1.26 bits per heavy atom. The average Bonchev–Trinajstić information content (AvgIpc) is 3.78. The molecule has 3 amide bonds. The smallest absolute Gasteiger partial charge is 0.409 e. The molecule has 53 heavy (non-hydrogen) atoms. The summed E-state index contributed by atoms with van der Waals surface area (Å²) >= 11 is 11.3. The van der Waals surface area contributed by atoms with Gasteiger partial charge in [-0.25, -0.2) is 9.59 Å². The summed E-state index contributed by atoms with van der Waals surface area (Å²) in [6.45, 7) is 10.8. The van der Waals surface area contributed by atoms with Crippen LogP contribution >= 0.6 is 24.2 Å². The Morgan fingerprint density at radius 2 is 1.94 bits per heavy atom. The van der Waals surface area contributed by atoms with E-state index < -0.39 is 65.7 Å². The number of carbonyl (C=O) groups excluding carboxylic acids is 4. The van der Waals surface area contributed by atoms with Crippen LogP contribution in [0.4, 0.5) is 10.5 Å². The monoisotopic (exact) mass is 779 g/mol. The van der Waals surface area contributed by atoms with Crippen LogP contribution in [-0.4, -0.2) is 109 Å². The normalized spacial score (nSPS) is 31.5. The van der Waals surface area contributed by atoms with E-state index >= 15 is 0 Å². The zero-order valence-electron chi connectivity index (χ0n) is 32.2. The highest BCUT2D eigenvalue weighted by Crippen LogP contribution is 2.49. The number of alkyl carbamates (subject to hydrolysis) is 1. The predicted molar refractivity (Wildman–Crippen MR) is 203 cm³/mol. The number of amides is 3. The number of halogens is 1.